The van der Waals surface area contributed by atoms with Crippen LogP contribution < -0.4 is 10.6 Å². The van der Waals surface area contributed by atoms with Gasteiger partial charge in [0.05, 0.1) is 12.7 Å². The molecule has 20 heavy (non-hydrogen) atoms. The summed E-state index contributed by atoms with van der Waals surface area (Å²) in [6.07, 6.45) is 0.262. The van der Waals surface area contributed by atoms with Gasteiger partial charge < -0.3 is 15.4 Å². The zero-order valence-electron chi connectivity index (χ0n) is 11.5. The van der Waals surface area contributed by atoms with Crippen LogP contribution in [0.5, 0.6) is 0 Å². The Morgan fingerprint density at radius 1 is 1.00 bits per heavy atom. The normalized spacial score (nSPS) is 18.7. The molecular weight excluding hydrogens is 248 g/mol. The van der Waals surface area contributed by atoms with Crippen LogP contribution in [0.15, 0.2) is 54.6 Å². The van der Waals surface area contributed by atoms with Gasteiger partial charge in [-0.05, 0) is 23.3 Å². The molecule has 2 N–H and O–H groups in total. The third kappa shape index (κ3) is 3.38. The summed E-state index contributed by atoms with van der Waals surface area (Å²) in [5.74, 6) is 0. The molecule has 0 saturated carbocycles. The number of hydrogen-bond acceptors (Lipinski definition) is 3. The van der Waals surface area contributed by atoms with Gasteiger partial charge in [0.15, 0.2) is 0 Å². The molecule has 2 aromatic carbocycles. The van der Waals surface area contributed by atoms with Crippen molar-refractivity contribution in [3.63, 3.8) is 0 Å². The van der Waals surface area contributed by atoms with E-state index < -0.39 is 0 Å². The average Bonchev–Trinajstić information content (AvgIpc) is 2.55. The van der Waals surface area contributed by atoms with E-state index in [1.807, 2.05) is 6.07 Å². The highest BCUT2D eigenvalue weighted by Crippen LogP contribution is 2.20. The number of rotatable bonds is 4. The Balaban J connectivity index is 1.58. The molecule has 1 fully saturated rings. The van der Waals surface area contributed by atoms with E-state index in [2.05, 4.69) is 59.2 Å². The van der Waals surface area contributed by atoms with Crippen molar-refractivity contribution in [1.82, 2.24) is 5.32 Å². The Labute approximate surface area is 120 Å². The second kappa shape index (κ2) is 6.55. The molecular formula is C17H20N2O. The minimum atomic E-state index is 0.262. The zero-order valence-corrected chi connectivity index (χ0v) is 11.5. The van der Waals surface area contributed by atoms with E-state index >= 15 is 0 Å². The van der Waals surface area contributed by atoms with Gasteiger partial charge in [-0.2, -0.15) is 0 Å². The quantitative estimate of drug-likeness (QED) is 0.894. The SMILES string of the molecule is c1ccc(-c2ccc(NCC3CNCCO3)cc2)cc1. The number of nitrogens with one attached hydrogen (secondary N) is 2. The molecule has 3 rings (SSSR count). The van der Waals surface area contributed by atoms with Crippen molar-refractivity contribution in [2.45, 2.75) is 6.10 Å². The lowest BCUT2D eigenvalue weighted by Crippen LogP contribution is -2.42. The van der Waals surface area contributed by atoms with Crippen LogP contribution >= 0.6 is 0 Å². The summed E-state index contributed by atoms with van der Waals surface area (Å²) in [6.45, 7) is 3.54. The van der Waals surface area contributed by atoms with Crippen molar-refractivity contribution in [3.8, 4) is 11.1 Å². The van der Waals surface area contributed by atoms with Gasteiger partial charge in [0.2, 0.25) is 0 Å². The summed E-state index contributed by atoms with van der Waals surface area (Å²) in [4.78, 5) is 0. The van der Waals surface area contributed by atoms with Gasteiger partial charge in [-0.25, -0.2) is 0 Å². The van der Waals surface area contributed by atoms with Crippen molar-refractivity contribution in [2.75, 3.05) is 31.6 Å². The molecule has 1 heterocycles. The molecule has 1 saturated heterocycles. The Morgan fingerprint density at radius 3 is 2.45 bits per heavy atom. The van der Waals surface area contributed by atoms with Crippen LogP contribution in [0.2, 0.25) is 0 Å². The summed E-state index contributed by atoms with van der Waals surface area (Å²) in [5.41, 5.74) is 3.63. The molecule has 2 aromatic rings. The molecule has 1 unspecified atom stereocenters. The largest absolute Gasteiger partial charge is 0.382 e. The van der Waals surface area contributed by atoms with E-state index in [9.17, 15) is 0 Å². The average molecular weight is 268 g/mol. The first-order chi connectivity index (χ1) is 9.92. The number of anilines is 1. The fourth-order valence-corrected chi connectivity index (χ4v) is 2.39. The molecule has 0 radical (unpaired) electrons. The first-order valence-corrected chi connectivity index (χ1v) is 7.13. The Morgan fingerprint density at radius 2 is 1.75 bits per heavy atom. The van der Waals surface area contributed by atoms with Gasteiger partial charge in [0, 0.05) is 25.3 Å². The lowest BCUT2D eigenvalue weighted by Gasteiger charge is -2.24. The van der Waals surface area contributed by atoms with Gasteiger partial charge in [-0.15, -0.1) is 0 Å². The van der Waals surface area contributed by atoms with Gasteiger partial charge in [-0.1, -0.05) is 42.5 Å². The van der Waals surface area contributed by atoms with Crippen LogP contribution in [0.25, 0.3) is 11.1 Å². The molecule has 3 heteroatoms. The summed E-state index contributed by atoms with van der Waals surface area (Å²) in [5, 5.41) is 6.76. The van der Waals surface area contributed by atoms with Crippen LogP contribution in [0.4, 0.5) is 5.69 Å². The highest BCUT2D eigenvalue weighted by Gasteiger charge is 2.12. The van der Waals surface area contributed by atoms with E-state index in [0.717, 1.165) is 31.9 Å². The maximum absolute atomic E-state index is 5.67. The smallest absolute Gasteiger partial charge is 0.0872 e. The summed E-state index contributed by atoms with van der Waals surface area (Å²) >= 11 is 0. The second-order valence-corrected chi connectivity index (χ2v) is 5.02. The molecule has 0 bridgehead atoms. The van der Waals surface area contributed by atoms with Crippen LogP contribution in [0, 0.1) is 0 Å². The molecule has 0 aromatic heterocycles. The van der Waals surface area contributed by atoms with Crippen molar-refractivity contribution in [1.29, 1.82) is 0 Å². The minimum absolute atomic E-state index is 0.262. The molecule has 0 spiro atoms. The second-order valence-electron chi connectivity index (χ2n) is 5.02. The number of hydrogen-bond donors (Lipinski definition) is 2. The monoisotopic (exact) mass is 268 g/mol. The van der Waals surface area contributed by atoms with E-state index in [-0.39, 0.29) is 6.10 Å². The zero-order chi connectivity index (χ0) is 13.6. The highest BCUT2D eigenvalue weighted by atomic mass is 16.5. The predicted octanol–water partition coefficient (Wildman–Crippen LogP) is 2.75. The van der Waals surface area contributed by atoms with E-state index in [4.69, 9.17) is 4.74 Å². The number of benzene rings is 2. The fourth-order valence-electron chi connectivity index (χ4n) is 2.39. The van der Waals surface area contributed by atoms with Crippen LogP contribution in [0.3, 0.4) is 0 Å². The lowest BCUT2D eigenvalue weighted by molar-refractivity contribution is 0.0372. The minimum Gasteiger partial charge on any atom is -0.382 e. The van der Waals surface area contributed by atoms with Gasteiger partial charge >= 0.3 is 0 Å². The first-order valence-electron chi connectivity index (χ1n) is 7.13. The van der Waals surface area contributed by atoms with Crippen molar-refractivity contribution >= 4 is 5.69 Å². The predicted molar refractivity (Wildman–Crippen MR) is 83.0 cm³/mol. The van der Waals surface area contributed by atoms with Crippen molar-refractivity contribution in [2.24, 2.45) is 0 Å². The topological polar surface area (TPSA) is 33.3 Å². The van der Waals surface area contributed by atoms with Crippen LogP contribution in [-0.4, -0.2) is 32.3 Å². The molecule has 104 valence electrons. The molecule has 1 aliphatic rings. The van der Waals surface area contributed by atoms with Crippen molar-refractivity contribution in [3.05, 3.63) is 54.6 Å². The number of morpholine rings is 1. The molecule has 0 aliphatic carbocycles. The maximum atomic E-state index is 5.67. The van der Waals surface area contributed by atoms with Gasteiger partial charge in [0.1, 0.15) is 0 Å². The van der Waals surface area contributed by atoms with Crippen LogP contribution in [0.1, 0.15) is 0 Å². The Bertz CT molecular complexity index is 518. The van der Waals surface area contributed by atoms with Crippen molar-refractivity contribution < 1.29 is 4.74 Å². The lowest BCUT2D eigenvalue weighted by atomic mass is 10.1. The molecule has 3 nitrogen and oxygen atoms in total. The standard InChI is InChI=1S/C17H20N2O/c1-2-4-14(5-3-1)15-6-8-16(9-7-15)19-13-17-12-18-10-11-20-17/h1-9,17-19H,10-13H2. The van der Waals surface area contributed by atoms with E-state index in [1.165, 1.54) is 11.1 Å². The first kappa shape index (κ1) is 13.2. The van der Waals surface area contributed by atoms with E-state index in [1.54, 1.807) is 0 Å². The Kier molecular flexibility index (Phi) is 4.31. The molecule has 1 atom stereocenters. The van der Waals surface area contributed by atoms with Gasteiger partial charge in [0.25, 0.3) is 0 Å². The fraction of sp³-hybridized carbons (Fsp3) is 0.294. The van der Waals surface area contributed by atoms with Crippen LogP contribution in [-0.2, 0) is 4.74 Å². The summed E-state index contributed by atoms with van der Waals surface area (Å²) < 4.78 is 5.67. The number of ether oxygens (including phenoxy) is 1. The Hall–Kier alpha value is -1.84. The molecule has 0 amide bonds. The summed E-state index contributed by atoms with van der Waals surface area (Å²) in [6, 6.07) is 19.0. The van der Waals surface area contributed by atoms with Gasteiger partial charge in [-0.3, -0.25) is 0 Å². The molecule has 1 aliphatic heterocycles. The third-order valence-electron chi connectivity index (χ3n) is 3.53. The summed E-state index contributed by atoms with van der Waals surface area (Å²) in [7, 11) is 0. The van der Waals surface area contributed by atoms with E-state index in [0.29, 0.717) is 0 Å². The highest BCUT2D eigenvalue weighted by molar-refractivity contribution is 5.65. The third-order valence-corrected chi connectivity index (χ3v) is 3.53. The maximum Gasteiger partial charge on any atom is 0.0872 e.